The Kier molecular flexibility index (Phi) is 4.35. The lowest BCUT2D eigenvalue weighted by Gasteiger charge is -2.35. The Bertz CT molecular complexity index is 1210. The van der Waals surface area contributed by atoms with Crippen LogP contribution in [0.2, 0.25) is 0 Å². The van der Waals surface area contributed by atoms with E-state index < -0.39 is 0 Å². The minimum atomic E-state index is 0.679. The molecule has 0 saturated carbocycles. The number of hydrogen-bond donors (Lipinski definition) is 0. The molecule has 138 valence electrons. The van der Waals surface area contributed by atoms with E-state index in [0.717, 1.165) is 22.4 Å². The van der Waals surface area contributed by atoms with E-state index >= 15 is 0 Å². The average molecular weight is 391 g/mol. The summed E-state index contributed by atoms with van der Waals surface area (Å²) in [6.45, 7) is 2.09. The lowest BCUT2D eigenvalue weighted by Crippen LogP contribution is -2.17. The molecule has 0 saturated heterocycles. The van der Waals surface area contributed by atoms with E-state index in [0.29, 0.717) is 5.56 Å². The van der Waals surface area contributed by atoms with Crippen molar-refractivity contribution in [3.8, 4) is 17.2 Å². The molecule has 1 aliphatic rings. The van der Waals surface area contributed by atoms with Crippen molar-refractivity contribution in [1.82, 2.24) is 0 Å². The summed E-state index contributed by atoms with van der Waals surface area (Å²) in [5, 5.41) is 9.58. The molecule has 0 radical (unpaired) electrons. The van der Waals surface area contributed by atoms with Crippen LogP contribution in [0.4, 0.5) is 17.1 Å². The second-order valence-electron chi connectivity index (χ2n) is 7.04. The number of nitriles is 1. The van der Waals surface area contributed by atoms with Crippen molar-refractivity contribution < 1.29 is 0 Å². The third-order valence-corrected chi connectivity index (χ3v) is 6.30. The molecule has 0 bridgehead atoms. The third kappa shape index (κ3) is 2.99. The first-order valence-electron chi connectivity index (χ1n) is 9.52. The van der Waals surface area contributed by atoms with Gasteiger partial charge < -0.3 is 4.90 Å². The predicted octanol–water partition coefficient (Wildman–Crippen LogP) is 7.47. The number of anilines is 3. The lowest BCUT2D eigenvalue weighted by molar-refractivity contribution is 1.15. The summed E-state index contributed by atoms with van der Waals surface area (Å²) in [6.07, 6.45) is 0. The van der Waals surface area contributed by atoms with Crippen molar-refractivity contribution in [3.05, 3.63) is 102 Å². The van der Waals surface area contributed by atoms with Crippen molar-refractivity contribution in [2.75, 3.05) is 4.90 Å². The first-order chi connectivity index (χ1) is 14.3. The highest BCUT2D eigenvalue weighted by Gasteiger charge is 2.27. The normalized spacial score (nSPS) is 12.1. The van der Waals surface area contributed by atoms with Gasteiger partial charge in [0.05, 0.1) is 28.7 Å². The minimum Gasteiger partial charge on any atom is -0.307 e. The lowest BCUT2D eigenvalue weighted by atomic mass is 9.96. The van der Waals surface area contributed by atoms with Gasteiger partial charge in [-0.3, -0.25) is 0 Å². The Morgan fingerprint density at radius 3 is 1.97 bits per heavy atom. The van der Waals surface area contributed by atoms with Crippen molar-refractivity contribution >= 4 is 28.8 Å². The van der Waals surface area contributed by atoms with Gasteiger partial charge in [-0.15, -0.1) is 0 Å². The summed E-state index contributed by atoms with van der Waals surface area (Å²) in [4.78, 5) is 4.81. The molecular weight excluding hydrogens is 372 g/mol. The van der Waals surface area contributed by atoms with Crippen LogP contribution in [0, 0.1) is 18.3 Å². The molecule has 0 aromatic heterocycles. The van der Waals surface area contributed by atoms with Crippen LogP contribution >= 0.6 is 11.8 Å². The Morgan fingerprint density at radius 2 is 1.34 bits per heavy atom. The summed E-state index contributed by atoms with van der Waals surface area (Å²) in [7, 11) is 0. The number of nitrogens with zero attached hydrogens (tertiary/aromatic N) is 2. The predicted molar refractivity (Wildman–Crippen MR) is 120 cm³/mol. The van der Waals surface area contributed by atoms with E-state index in [1.165, 1.54) is 21.2 Å². The van der Waals surface area contributed by atoms with E-state index in [1.54, 1.807) is 11.8 Å². The first-order valence-corrected chi connectivity index (χ1v) is 10.3. The van der Waals surface area contributed by atoms with Gasteiger partial charge in [0.1, 0.15) is 0 Å². The zero-order chi connectivity index (χ0) is 19.8. The highest BCUT2D eigenvalue weighted by Crippen LogP contribution is 2.53. The fourth-order valence-corrected chi connectivity index (χ4v) is 4.98. The average Bonchev–Trinajstić information content (AvgIpc) is 2.78. The molecule has 4 aromatic rings. The quantitative estimate of drug-likeness (QED) is 0.313. The number of para-hydroxylation sites is 2. The van der Waals surface area contributed by atoms with Gasteiger partial charge in [-0.2, -0.15) is 5.26 Å². The SMILES string of the molecule is Cc1cc(C#N)cc(-c2ccccc2)c1N1c2ccccc2Sc2ccccc21. The van der Waals surface area contributed by atoms with Gasteiger partial charge in [0.15, 0.2) is 0 Å². The fourth-order valence-electron chi connectivity index (χ4n) is 3.92. The Hall–Kier alpha value is -3.48. The summed E-state index contributed by atoms with van der Waals surface area (Å²) in [6, 6.07) is 33.7. The maximum atomic E-state index is 9.58. The molecule has 0 fully saturated rings. The second-order valence-corrected chi connectivity index (χ2v) is 8.12. The zero-order valence-electron chi connectivity index (χ0n) is 16.0. The molecule has 0 amide bonds. The smallest absolute Gasteiger partial charge is 0.0991 e. The monoisotopic (exact) mass is 390 g/mol. The van der Waals surface area contributed by atoms with Crippen LogP contribution in [0.1, 0.15) is 11.1 Å². The molecule has 0 N–H and O–H groups in total. The van der Waals surface area contributed by atoms with Crippen LogP contribution in [0.3, 0.4) is 0 Å². The van der Waals surface area contributed by atoms with Crippen LogP contribution in [0.25, 0.3) is 11.1 Å². The molecule has 0 spiro atoms. The van der Waals surface area contributed by atoms with E-state index in [4.69, 9.17) is 0 Å². The van der Waals surface area contributed by atoms with Gasteiger partial charge in [-0.05, 0) is 54.4 Å². The number of aryl methyl sites for hydroxylation is 1. The van der Waals surface area contributed by atoms with Gasteiger partial charge in [0, 0.05) is 15.4 Å². The standard InChI is InChI=1S/C26H18N2S/c1-18-15-19(17-27)16-21(20-9-3-2-4-10-20)26(18)28-22-11-5-7-13-24(22)29-25-14-8-6-12-23(25)28/h2-16H,1H3. The van der Waals surface area contributed by atoms with Gasteiger partial charge in [0.2, 0.25) is 0 Å². The van der Waals surface area contributed by atoms with Gasteiger partial charge in [0.25, 0.3) is 0 Å². The summed E-state index contributed by atoms with van der Waals surface area (Å²) < 4.78 is 0. The van der Waals surface area contributed by atoms with Crippen molar-refractivity contribution in [2.24, 2.45) is 0 Å². The van der Waals surface area contributed by atoms with Crippen LogP contribution < -0.4 is 4.90 Å². The highest BCUT2D eigenvalue weighted by atomic mass is 32.2. The zero-order valence-corrected chi connectivity index (χ0v) is 16.8. The van der Waals surface area contributed by atoms with Crippen LogP contribution in [0.5, 0.6) is 0 Å². The Labute approximate surface area is 175 Å². The molecule has 3 heteroatoms. The highest BCUT2D eigenvalue weighted by molar-refractivity contribution is 7.99. The van der Waals surface area contributed by atoms with Crippen LogP contribution in [0.15, 0.2) is 101 Å². The summed E-state index contributed by atoms with van der Waals surface area (Å²) in [5.41, 5.74) is 7.39. The van der Waals surface area contributed by atoms with Crippen LogP contribution in [-0.2, 0) is 0 Å². The number of fused-ring (bicyclic) bond motifs is 2. The van der Waals surface area contributed by atoms with E-state index in [-0.39, 0.29) is 0 Å². The largest absolute Gasteiger partial charge is 0.307 e. The Morgan fingerprint density at radius 1 is 0.759 bits per heavy atom. The summed E-state index contributed by atoms with van der Waals surface area (Å²) in [5.74, 6) is 0. The number of rotatable bonds is 2. The maximum Gasteiger partial charge on any atom is 0.0991 e. The molecular formula is C26H18N2S. The minimum absolute atomic E-state index is 0.679. The first kappa shape index (κ1) is 17.6. The molecule has 0 aliphatic carbocycles. The molecule has 4 aromatic carbocycles. The molecule has 1 aliphatic heterocycles. The summed E-state index contributed by atoms with van der Waals surface area (Å²) >= 11 is 1.80. The topological polar surface area (TPSA) is 27.0 Å². The van der Waals surface area contributed by atoms with Crippen LogP contribution in [-0.4, -0.2) is 0 Å². The van der Waals surface area contributed by atoms with Crippen molar-refractivity contribution in [3.63, 3.8) is 0 Å². The molecule has 2 nitrogen and oxygen atoms in total. The van der Waals surface area contributed by atoms with Crippen molar-refractivity contribution in [1.29, 1.82) is 5.26 Å². The third-order valence-electron chi connectivity index (χ3n) is 5.17. The van der Waals surface area contributed by atoms with E-state index in [2.05, 4.69) is 78.6 Å². The number of benzene rings is 4. The Balaban J connectivity index is 1.85. The fraction of sp³-hybridized carbons (Fsp3) is 0.0385. The molecule has 5 rings (SSSR count). The van der Waals surface area contributed by atoms with Gasteiger partial charge in [-0.1, -0.05) is 66.4 Å². The van der Waals surface area contributed by atoms with Gasteiger partial charge in [-0.25, -0.2) is 0 Å². The molecule has 1 heterocycles. The van der Waals surface area contributed by atoms with E-state index in [1.807, 2.05) is 30.3 Å². The molecule has 29 heavy (non-hydrogen) atoms. The second kappa shape index (κ2) is 7.16. The van der Waals surface area contributed by atoms with Gasteiger partial charge >= 0.3 is 0 Å². The number of hydrogen-bond acceptors (Lipinski definition) is 3. The van der Waals surface area contributed by atoms with E-state index in [9.17, 15) is 5.26 Å². The molecule has 0 unspecified atom stereocenters. The maximum absolute atomic E-state index is 9.58. The molecule has 0 atom stereocenters. The van der Waals surface area contributed by atoms with Crippen molar-refractivity contribution in [2.45, 2.75) is 16.7 Å².